The summed E-state index contributed by atoms with van der Waals surface area (Å²) in [5, 5.41) is 6.91. The number of hydrogen-bond acceptors (Lipinski definition) is 2. The fraction of sp³-hybridized carbons (Fsp3) is 0.533. The Balaban J connectivity index is 0.00000200. The molecular weight excluding hydrogens is 295 g/mol. The molecule has 0 aromatic heterocycles. The van der Waals surface area contributed by atoms with E-state index in [4.69, 9.17) is 11.6 Å². The van der Waals surface area contributed by atoms with Gasteiger partial charge in [-0.2, -0.15) is 0 Å². The molecule has 1 aromatic carbocycles. The van der Waals surface area contributed by atoms with Gasteiger partial charge < -0.3 is 10.6 Å². The Kier molecular flexibility index (Phi) is 7.35. The molecule has 3 nitrogen and oxygen atoms in total. The molecule has 0 saturated carbocycles. The summed E-state index contributed by atoms with van der Waals surface area (Å²) in [6.07, 6.45) is 2.93. The number of halogens is 2. The van der Waals surface area contributed by atoms with E-state index in [0.717, 1.165) is 18.8 Å². The molecular formula is C15H22Cl2N2O. The van der Waals surface area contributed by atoms with E-state index in [2.05, 4.69) is 17.6 Å². The Hall–Kier alpha value is -0.770. The van der Waals surface area contributed by atoms with Crippen LogP contribution in [0.25, 0.3) is 0 Å². The zero-order valence-electron chi connectivity index (χ0n) is 11.7. The van der Waals surface area contributed by atoms with Crippen LogP contribution in [0.1, 0.15) is 26.2 Å². The molecule has 112 valence electrons. The summed E-state index contributed by atoms with van der Waals surface area (Å²) in [7, 11) is 0. The largest absolute Gasteiger partial charge is 0.326 e. The lowest BCUT2D eigenvalue weighted by Crippen LogP contribution is -2.32. The zero-order valence-corrected chi connectivity index (χ0v) is 13.3. The van der Waals surface area contributed by atoms with Gasteiger partial charge in [0.1, 0.15) is 0 Å². The molecule has 1 amide bonds. The normalized spacial score (nSPS) is 17.1. The average molecular weight is 317 g/mol. The number of benzene rings is 1. The predicted octanol–water partition coefficient (Wildman–Crippen LogP) is 3.73. The molecule has 1 aromatic rings. The first-order chi connectivity index (χ1) is 9.15. The Bertz CT molecular complexity index is 434. The van der Waals surface area contributed by atoms with Crippen molar-refractivity contribution in [3.63, 3.8) is 0 Å². The van der Waals surface area contributed by atoms with Crippen LogP contribution in [0, 0.1) is 11.8 Å². The van der Waals surface area contributed by atoms with Crippen molar-refractivity contribution in [2.24, 2.45) is 11.8 Å². The highest BCUT2D eigenvalue weighted by atomic mass is 35.5. The minimum absolute atomic E-state index is 0. The highest BCUT2D eigenvalue weighted by Crippen LogP contribution is 2.25. The summed E-state index contributed by atoms with van der Waals surface area (Å²) in [5.74, 6) is 1.17. The van der Waals surface area contributed by atoms with E-state index in [1.165, 1.54) is 12.8 Å². The van der Waals surface area contributed by atoms with Crippen molar-refractivity contribution in [2.75, 3.05) is 18.4 Å². The summed E-state index contributed by atoms with van der Waals surface area (Å²) in [6, 6.07) is 7.27. The Morgan fingerprint density at radius 1 is 1.45 bits per heavy atom. The SMILES string of the molecule is CC(CC(=O)Nc1cccc(Cl)c1)C1CCNCC1.Cl. The minimum Gasteiger partial charge on any atom is -0.326 e. The summed E-state index contributed by atoms with van der Waals surface area (Å²) in [6.45, 7) is 4.32. The third-order valence-electron chi connectivity index (χ3n) is 3.80. The van der Waals surface area contributed by atoms with E-state index >= 15 is 0 Å². The van der Waals surface area contributed by atoms with Crippen LogP contribution in [0.15, 0.2) is 24.3 Å². The molecule has 1 unspecified atom stereocenters. The van der Waals surface area contributed by atoms with Gasteiger partial charge in [0.05, 0.1) is 0 Å². The fourth-order valence-corrected chi connectivity index (χ4v) is 2.84. The van der Waals surface area contributed by atoms with Crippen LogP contribution in [0.5, 0.6) is 0 Å². The highest BCUT2D eigenvalue weighted by Gasteiger charge is 2.21. The highest BCUT2D eigenvalue weighted by molar-refractivity contribution is 6.30. The topological polar surface area (TPSA) is 41.1 Å². The van der Waals surface area contributed by atoms with Gasteiger partial charge in [0.25, 0.3) is 0 Å². The van der Waals surface area contributed by atoms with Gasteiger partial charge in [-0.05, 0) is 56.0 Å². The lowest BCUT2D eigenvalue weighted by atomic mass is 9.84. The van der Waals surface area contributed by atoms with Crippen molar-refractivity contribution in [3.05, 3.63) is 29.3 Å². The number of rotatable bonds is 4. The second-order valence-corrected chi connectivity index (χ2v) is 5.76. The Morgan fingerprint density at radius 3 is 2.80 bits per heavy atom. The molecule has 0 radical (unpaired) electrons. The first-order valence-electron chi connectivity index (χ1n) is 6.91. The lowest BCUT2D eigenvalue weighted by molar-refractivity contribution is -0.117. The number of hydrogen-bond donors (Lipinski definition) is 2. The monoisotopic (exact) mass is 316 g/mol. The van der Waals surface area contributed by atoms with Gasteiger partial charge in [0.15, 0.2) is 0 Å². The summed E-state index contributed by atoms with van der Waals surface area (Å²) >= 11 is 5.90. The smallest absolute Gasteiger partial charge is 0.224 e. The quantitative estimate of drug-likeness (QED) is 0.888. The van der Waals surface area contributed by atoms with E-state index in [0.29, 0.717) is 23.3 Å². The third kappa shape index (κ3) is 5.31. The van der Waals surface area contributed by atoms with Crippen molar-refractivity contribution in [3.8, 4) is 0 Å². The lowest BCUT2D eigenvalue weighted by Gasteiger charge is -2.27. The maximum atomic E-state index is 12.0. The fourth-order valence-electron chi connectivity index (χ4n) is 2.65. The molecule has 0 spiro atoms. The van der Waals surface area contributed by atoms with Gasteiger partial charge in [0.2, 0.25) is 5.91 Å². The van der Waals surface area contributed by atoms with Crippen molar-refractivity contribution in [1.29, 1.82) is 0 Å². The number of piperidine rings is 1. The molecule has 1 fully saturated rings. The van der Waals surface area contributed by atoms with Gasteiger partial charge in [0, 0.05) is 17.1 Å². The van der Waals surface area contributed by atoms with E-state index in [9.17, 15) is 4.79 Å². The summed E-state index contributed by atoms with van der Waals surface area (Å²) in [4.78, 5) is 12.0. The van der Waals surface area contributed by atoms with Gasteiger partial charge in [-0.3, -0.25) is 4.79 Å². The van der Waals surface area contributed by atoms with Crippen LogP contribution in [0.2, 0.25) is 5.02 Å². The van der Waals surface area contributed by atoms with Crippen LogP contribution >= 0.6 is 24.0 Å². The number of carbonyl (C=O) groups excluding carboxylic acids is 1. The van der Waals surface area contributed by atoms with E-state index in [1.807, 2.05) is 12.1 Å². The second kappa shape index (κ2) is 8.50. The van der Waals surface area contributed by atoms with Gasteiger partial charge in [-0.1, -0.05) is 24.6 Å². The van der Waals surface area contributed by atoms with E-state index in [1.54, 1.807) is 12.1 Å². The summed E-state index contributed by atoms with van der Waals surface area (Å²) < 4.78 is 0. The third-order valence-corrected chi connectivity index (χ3v) is 4.04. The maximum Gasteiger partial charge on any atom is 0.224 e. The van der Waals surface area contributed by atoms with Crippen LogP contribution in [-0.2, 0) is 4.79 Å². The van der Waals surface area contributed by atoms with E-state index in [-0.39, 0.29) is 18.3 Å². The van der Waals surface area contributed by atoms with Crippen LogP contribution in [0.4, 0.5) is 5.69 Å². The predicted molar refractivity (Wildman–Crippen MR) is 86.7 cm³/mol. The van der Waals surface area contributed by atoms with Gasteiger partial charge >= 0.3 is 0 Å². The van der Waals surface area contributed by atoms with Crippen LogP contribution in [-0.4, -0.2) is 19.0 Å². The minimum atomic E-state index is 0. The van der Waals surface area contributed by atoms with Crippen molar-refractivity contribution in [2.45, 2.75) is 26.2 Å². The molecule has 1 aliphatic rings. The number of amides is 1. The number of nitrogens with one attached hydrogen (secondary N) is 2. The van der Waals surface area contributed by atoms with Gasteiger partial charge in [-0.15, -0.1) is 12.4 Å². The zero-order chi connectivity index (χ0) is 13.7. The molecule has 5 heteroatoms. The first kappa shape index (κ1) is 17.3. The molecule has 2 N–H and O–H groups in total. The molecule has 1 atom stereocenters. The molecule has 0 aliphatic carbocycles. The maximum absolute atomic E-state index is 12.0. The van der Waals surface area contributed by atoms with E-state index < -0.39 is 0 Å². The molecule has 20 heavy (non-hydrogen) atoms. The van der Waals surface area contributed by atoms with Crippen molar-refractivity contribution >= 4 is 35.6 Å². The van der Waals surface area contributed by atoms with Crippen molar-refractivity contribution in [1.82, 2.24) is 5.32 Å². The Morgan fingerprint density at radius 2 is 2.15 bits per heavy atom. The number of anilines is 1. The summed E-state index contributed by atoms with van der Waals surface area (Å²) in [5.41, 5.74) is 0.773. The average Bonchev–Trinajstić information content (AvgIpc) is 2.39. The molecule has 0 bridgehead atoms. The van der Waals surface area contributed by atoms with Crippen molar-refractivity contribution < 1.29 is 4.79 Å². The standard InChI is InChI=1S/C15H21ClN2O.ClH/c1-11(12-5-7-17-8-6-12)9-15(19)18-14-4-2-3-13(16)10-14;/h2-4,10-12,17H,5-9H2,1H3,(H,18,19);1H. The molecule has 1 saturated heterocycles. The van der Waals surface area contributed by atoms with Crippen LogP contribution < -0.4 is 10.6 Å². The van der Waals surface area contributed by atoms with Crippen LogP contribution in [0.3, 0.4) is 0 Å². The van der Waals surface area contributed by atoms with Gasteiger partial charge in [-0.25, -0.2) is 0 Å². The molecule has 1 heterocycles. The number of carbonyl (C=O) groups is 1. The molecule has 2 rings (SSSR count). The molecule has 1 aliphatic heterocycles. The second-order valence-electron chi connectivity index (χ2n) is 5.33. The Labute approximate surface area is 131 Å². The first-order valence-corrected chi connectivity index (χ1v) is 7.29.